The number of nitrogens with two attached hydrogens (primary N) is 1. The van der Waals surface area contributed by atoms with Crippen LogP contribution in [0.5, 0.6) is 0 Å². The highest BCUT2D eigenvalue weighted by Crippen LogP contribution is 2.11. The van der Waals surface area contributed by atoms with Gasteiger partial charge in [0.1, 0.15) is 5.82 Å². The fourth-order valence-electron chi connectivity index (χ4n) is 0.807. The van der Waals surface area contributed by atoms with E-state index in [0.29, 0.717) is 0 Å². The van der Waals surface area contributed by atoms with Gasteiger partial charge in [-0.2, -0.15) is 0 Å². The topological polar surface area (TPSA) is 84.2 Å². The molecule has 0 fully saturated rings. The van der Waals surface area contributed by atoms with Crippen LogP contribution in [-0.4, -0.2) is 11.8 Å². The SMILES string of the molecule is NNC(=O)C(=O)Nc1ccccc1F. The van der Waals surface area contributed by atoms with Crippen LogP contribution in [0.2, 0.25) is 0 Å². The fourth-order valence-corrected chi connectivity index (χ4v) is 0.807. The first-order valence-corrected chi connectivity index (χ1v) is 3.71. The van der Waals surface area contributed by atoms with E-state index in [9.17, 15) is 14.0 Å². The molecule has 6 heteroatoms. The highest BCUT2D eigenvalue weighted by molar-refractivity contribution is 6.39. The van der Waals surface area contributed by atoms with Crippen LogP contribution in [0.1, 0.15) is 0 Å². The van der Waals surface area contributed by atoms with Gasteiger partial charge in [0.15, 0.2) is 0 Å². The van der Waals surface area contributed by atoms with Crippen molar-refractivity contribution in [1.29, 1.82) is 0 Å². The minimum Gasteiger partial charge on any atom is -0.315 e. The van der Waals surface area contributed by atoms with Gasteiger partial charge < -0.3 is 5.32 Å². The lowest BCUT2D eigenvalue weighted by atomic mass is 10.3. The normalized spacial score (nSPS) is 9.29. The Bertz CT molecular complexity index is 367. The van der Waals surface area contributed by atoms with E-state index in [1.807, 2.05) is 0 Å². The van der Waals surface area contributed by atoms with Crippen molar-refractivity contribution in [3.8, 4) is 0 Å². The maximum absolute atomic E-state index is 12.9. The van der Waals surface area contributed by atoms with Crippen molar-refractivity contribution in [3.05, 3.63) is 30.1 Å². The number of hydrogen-bond donors (Lipinski definition) is 3. The molecule has 74 valence electrons. The Balaban J connectivity index is 2.75. The first-order valence-electron chi connectivity index (χ1n) is 3.71. The van der Waals surface area contributed by atoms with E-state index in [0.717, 1.165) is 6.07 Å². The van der Waals surface area contributed by atoms with Gasteiger partial charge in [0, 0.05) is 0 Å². The van der Waals surface area contributed by atoms with Crippen molar-refractivity contribution in [2.75, 3.05) is 5.32 Å². The van der Waals surface area contributed by atoms with Crippen LogP contribution in [0.15, 0.2) is 24.3 Å². The molecule has 0 heterocycles. The summed E-state index contributed by atoms with van der Waals surface area (Å²) < 4.78 is 12.9. The van der Waals surface area contributed by atoms with Crippen molar-refractivity contribution in [2.45, 2.75) is 0 Å². The van der Waals surface area contributed by atoms with Gasteiger partial charge in [-0.05, 0) is 12.1 Å². The third-order valence-corrected chi connectivity index (χ3v) is 1.46. The summed E-state index contributed by atoms with van der Waals surface area (Å²) in [5.41, 5.74) is 1.56. The van der Waals surface area contributed by atoms with Crippen LogP contribution in [-0.2, 0) is 9.59 Å². The molecule has 0 aromatic heterocycles. The predicted octanol–water partition coefficient (Wildman–Crippen LogP) is -0.246. The van der Waals surface area contributed by atoms with Gasteiger partial charge >= 0.3 is 11.8 Å². The van der Waals surface area contributed by atoms with Crippen molar-refractivity contribution in [3.63, 3.8) is 0 Å². The number of rotatable bonds is 1. The largest absolute Gasteiger partial charge is 0.323 e. The second kappa shape index (κ2) is 4.33. The summed E-state index contributed by atoms with van der Waals surface area (Å²) in [5.74, 6) is 2.04. The quantitative estimate of drug-likeness (QED) is 0.251. The molecular formula is C8H8FN3O2. The van der Waals surface area contributed by atoms with Gasteiger partial charge in [0.05, 0.1) is 5.69 Å². The lowest BCUT2D eigenvalue weighted by Crippen LogP contribution is -2.39. The van der Waals surface area contributed by atoms with Crippen LogP contribution < -0.4 is 16.6 Å². The number of carbonyl (C=O) groups excluding carboxylic acids is 2. The van der Waals surface area contributed by atoms with E-state index in [2.05, 4.69) is 5.32 Å². The van der Waals surface area contributed by atoms with Crippen LogP contribution in [0, 0.1) is 5.82 Å². The Kier molecular flexibility index (Phi) is 3.14. The summed E-state index contributed by atoms with van der Waals surface area (Å²) in [6.07, 6.45) is 0. The second-order valence-electron chi connectivity index (χ2n) is 2.41. The lowest BCUT2D eigenvalue weighted by molar-refractivity contribution is -0.136. The number of benzene rings is 1. The lowest BCUT2D eigenvalue weighted by Gasteiger charge is -2.03. The zero-order valence-electron chi connectivity index (χ0n) is 7.08. The standard InChI is InChI=1S/C8H8FN3O2/c9-5-3-1-2-4-6(5)11-7(13)8(14)12-10/h1-4H,10H2,(H,11,13)(H,12,14). The van der Waals surface area contributed by atoms with E-state index in [4.69, 9.17) is 5.84 Å². The van der Waals surface area contributed by atoms with Gasteiger partial charge in [0.2, 0.25) is 0 Å². The first kappa shape index (κ1) is 10.1. The summed E-state index contributed by atoms with van der Waals surface area (Å²) >= 11 is 0. The molecule has 0 radical (unpaired) electrons. The van der Waals surface area contributed by atoms with Gasteiger partial charge in [0.25, 0.3) is 0 Å². The van der Waals surface area contributed by atoms with Crippen molar-refractivity contribution in [2.24, 2.45) is 5.84 Å². The molecule has 0 spiro atoms. The second-order valence-corrected chi connectivity index (χ2v) is 2.41. The maximum atomic E-state index is 12.9. The Morgan fingerprint density at radius 3 is 2.43 bits per heavy atom. The zero-order valence-corrected chi connectivity index (χ0v) is 7.08. The summed E-state index contributed by atoms with van der Waals surface area (Å²) in [5, 5.41) is 2.05. The molecular weight excluding hydrogens is 189 g/mol. The number of para-hydroxylation sites is 1. The number of hydrazine groups is 1. The van der Waals surface area contributed by atoms with Crippen molar-refractivity contribution < 1.29 is 14.0 Å². The average molecular weight is 197 g/mol. The van der Waals surface area contributed by atoms with E-state index >= 15 is 0 Å². The molecule has 5 nitrogen and oxygen atoms in total. The van der Waals surface area contributed by atoms with Gasteiger partial charge in [-0.1, -0.05) is 12.1 Å². The average Bonchev–Trinajstić information content (AvgIpc) is 2.20. The van der Waals surface area contributed by atoms with Crippen LogP contribution >= 0.6 is 0 Å². The minimum absolute atomic E-state index is 0.0684. The molecule has 1 aromatic carbocycles. The molecule has 1 rings (SSSR count). The molecule has 1 aromatic rings. The fraction of sp³-hybridized carbons (Fsp3) is 0. The van der Waals surface area contributed by atoms with Crippen LogP contribution in [0.25, 0.3) is 0 Å². The minimum atomic E-state index is -1.03. The molecule has 0 aliphatic heterocycles. The number of carbonyl (C=O) groups is 2. The summed E-state index contributed by atoms with van der Waals surface area (Å²) in [6.45, 7) is 0. The molecule has 0 saturated carbocycles. The summed E-state index contributed by atoms with van der Waals surface area (Å²) in [7, 11) is 0. The number of amides is 2. The molecule has 2 amide bonds. The molecule has 4 N–H and O–H groups in total. The van der Waals surface area contributed by atoms with E-state index < -0.39 is 17.6 Å². The van der Waals surface area contributed by atoms with Crippen LogP contribution in [0.4, 0.5) is 10.1 Å². The van der Waals surface area contributed by atoms with E-state index in [-0.39, 0.29) is 5.69 Å². The number of anilines is 1. The highest BCUT2D eigenvalue weighted by atomic mass is 19.1. The Morgan fingerprint density at radius 2 is 1.86 bits per heavy atom. The van der Waals surface area contributed by atoms with Gasteiger partial charge in [-0.25, -0.2) is 10.2 Å². The van der Waals surface area contributed by atoms with Crippen LogP contribution in [0.3, 0.4) is 0 Å². The van der Waals surface area contributed by atoms with Gasteiger partial charge in [-0.15, -0.1) is 0 Å². The molecule has 0 aliphatic rings. The Morgan fingerprint density at radius 1 is 1.21 bits per heavy atom. The maximum Gasteiger partial charge on any atom is 0.323 e. The Labute approximate surface area is 79.1 Å². The predicted molar refractivity (Wildman–Crippen MR) is 47.4 cm³/mol. The highest BCUT2D eigenvalue weighted by Gasteiger charge is 2.13. The monoisotopic (exact) mass is 197 g/mol. The summed E-state index contributed by atoms with van der Waals surface area (Å²) in [6, 6.07) is 5.49. The smallest absolute Gasteiger partial charge is 0.315 e. The zero-order chi connectivity index (χ0) is 10.6. The third-order valence-electron chi connectivity index (χ3n) is 1.46. The Hall–Kier alpha value is -1.95. The number of halogens is 1. The van der Waals surface area contributed by atoms with Gasteiger partial charge in [-0.3, -0.25) is 15.0 Å². The molecule has 0 unspecified atom stereocenters. The molecule has 14 heavy (non-hydrogen) atoms. The molecule has 0 atom stereocenters. The van der Waals surface area contributed by atoms with Crippen molar-refractivity contribution >= 4 is 17.5 Å². The molecule has 0 aliphatic carbocycles. The number of hydrogen-bond acceptors (Lipinski definition) is 3. The first-order chi connectivity index (χ1) is 6.65. The molecule has 0 bridgehead atoms. The third kappa shape index (κ3) is 2.27. The van der Waals surface area contributed by atoms with E-state index in [1.165, 1.54) is 18.2 Å². The van der Waals surface area contributed by atoms with Crippen molar-refractivity contribution in [1.82, 2.24) is 5.43 Å². The summed E-state index contributed by atoms with van der Waals surface area (Å²) in [4.78, 5) is 21.6. The molecule has 0 saturated heterocycles. The number of nitrogens with one attached hydrogen (secondary N) is 2. The van der Waals surface area contributed by atoms with E-state index in [1.54, 1.807) is 5.43 Å².